The van der Waals surface area contributed by atoms with Crippen molar-refractivity contribution in [1.29, 1.82) is 0 Å². The van der Waals surface area contributed by atoms with Crippen LogP contribution in [0.2, 0.25) is 0 Å². The van der Waals surface area contributed by atoms with E-state index < -0.39 is 0 Å². The smallest absolute Gasteiger partial charge is 0.213 e. The molecule has 0 amide bonds. The molecule has 2 saturated carbocycles. The second-order valence-electron chi connectivity index (χ2n) is 11.3. The summed E-state index contributed by atoms with van der Waals surface area (Å²) in [6, 6.07) is 7.48. The van der Waals surface area contributed by atoms with Gasteiger partial charge in [-0.3, -0.25) is 0 Å². The predicted octanol–water partition coefficient (Wildman–Crippen LogP) is 4.29. The molecular weight excluding hydrogens is 504 g/mol. The first kappa shape index (κ1) is 30.2. The van der Waals surface area contributed by atoms with Crippen LogP contribution >= 0.6 is 0 Å². The van der Waals surface area contributed by atoms with Crippen molar-refractivity contribution >= 4 is 5.69 Å². The zero-order valence-electron chi connectivity index (χ0n) is 24.0. The van der Waals surface area contributed by atoms with Gasteiger partial charge in [-0.1, -0.05) is 6.07 Å². The fraction of sp³-hybridized carbons (Fsp3) is 0.645. The maximum absolute atomic E-state index is 7.00. The minimum atomic E-state index is 0.279. The Kier molecular flexibility index (Phi) is 12.0. The molecule has 9 nitrogen and oxygen atoms in total. The number of likely N-dealkylation sites (tertiary alicyclic amines) is 2. The van der Waals surface area contributed by atoms with Crippen LogP contribution in [0.4, 0.5) is 5.69 Å². The van der Waals surface area contributed by atoms with Gasteiger partial charge in [0, 0.05) is 71.4 Å². The average Bonchev–Trinajstić information content (AvgIpc) is 3.95. The molecule has 3 N–H and O–H groups in total. The zero-order valence-corrected chi connectivity index (χ0v) is 24.0. The number of ether oxygens (including phenoxy) is 2. The standard InChI is InChI=1S/C15H19N3O.C15H23N3O.CH4O/c1-16-13-4-5-15(17-10-13)19-14-6-8-18(9-7-14)11-12-2-3-12;16-9-13-3-4-15(17-10-13)19-14-5-7-18(8-6-14)11-12-1-2-12;1-2/h4-5,10,12,14H,2-3,6-9,11H2;3-4,10,12,14H,1-2,5-9,11,16H2;2H,1H3. The first-order valence-electron chi connectivity index (χ1n) is 14.9. The van der Waals surface area contributed by atoms with E-state index in [1.807, 2.05) is 12.1 Å². The molecule has 2 saturated heterocycles. The van der Waals surface area contributed by atoms with Crippen LogP contribution in [0.25, 0.3) is 4.85 Å². The molecule has 6 rings (SSSR count). The number of hydrogen-bond acceptors (Lipinski definition) is 8. The van der Waals surface area contributed by atoms with E-state index in [-0.39, 0.29) is 6.10 Å². The summed E-state index contributed by atoms with van der Waals surface area (Å²) in [5.41, 5.74) is 7.17. The van der Waals surface area contributed by atoms with Gasteiger partial charge in [-0.2, -0.15) is 0 Å². The molecule has 2 aromatic rings. The zero-order chi connectivity index (χ0) is 28.2. The lowest BCUT2D eigenvalue weighted by Crippen LogP contribution is -2.39. The van der Waals surface area contributed by atoms with Crippen molar-refractivity contribution in [3.05, 3.63) is 53.6 Å². The number of nitrogens with two attached hydrogens (primary N) is 1. The normalized spacial score (nSPS) is 20.4. The number of aliphatic hydroxyl groups excluding tert-OH is 1. The number of aromatic nitrogens is 2. The molecule has 4 heterocycles. The van der Waals surface area contributed by atoms with Gasteiger partial charge in [0.1, 0.15) is 12.2 Å². The van der Waals surface area contributed by atoms with E-state index in [4.69, 9.17) is 26.9 Å². The Morgan fingerprint density at radius 2 is 1.25 bits per heavy atom. The van der Waals surface area contributed by atoms with Gasteiger partial charge in [-0.05, 0) is 80.9 Å². The van der Waals surface area contributed by atoms with Crippen molar-refractivity contribution in [3.8, 4) is 11.8 Å². The molecule has 40 heavy (non-hydrogen) atoms. The number of nitrogens with zero attached hydrogens (tertiary/aromatic N) is 5. The summed E-state index contributed by atoms with van der Waals surface area (Å²) in [4.78, 5) is 17.0. The highest BCUT2D eigenvalue weighted by Gasteiger charge is 2.28. The van der Waals surface area contributed by atoms with Gasteiger partial charge in [-0.15, -0.1) is 0 Å². The summed E-state index contributed by atoms with van der Waals surface area (Å²) >= 11 is 0. The first-order chi connectivity index (χ1) is 19.7. The molecule has 218 valence electrons. The van der Waals surface area contributed by atoms with E-state index >= 15 is 0 Å². The molecule has 2 aliphatic carbocycles. The first-order valence-corrected chi connectivity index (χ1v) is 14.9. The van der Waals surface area contributed by atoms with Crippen LogP contribution in [0.15, 0.2) is 36.7 Å². The van der Waals surface area contributed by atoms with Crippen molar-refractivity contribution in [2.75, 3.05) is 46.4 Å². The molecular formula is C31H46N6O3. The molecule has 9 heteroatoms. The van der Waals surface area contributed by atoms with Gasteiger partial charge in [0.25, 0.3) is 0 Å². The summed E-state index contributed by atoms with van der Waals surface area (Å²) in [7, 11) is 1.00. The monoisotopic (exact) mass is 550 g/mol. The Labute approximate surface area is 239 Å². The van der Waals surface area contributed by atoms with Crippen molar-refractivity contribution in [2.24, 2.45) is 17.6 Å². The van der Waals surface area contributed by atoms with E-state index in [0.717, 1.165) is 69.2 Å². The van der Waals surface area contributed by atoms with Crippen LogP contribution in [-0.2, 0) is 6.54 Å². The van der Waals surface area contributed by atoms with Crippen molar-refractivity contribution in [2.45, 2.75) is 70.1 Å². The van der Waals surface area contributed by atoms with Crippen molar-refractivity contribution in [1.82, 2.24) is 19.8 Å². The Bertz CT molecular complexity index is 1020. The highest BCUT2D eigenvalue weighted by Crippen LogP contribution is 2.31. The number of rotatable bonds is 9. The fourth-order valence-corrected chi connectivity index (χ4v) is 5.20. The van der Waals surface area contributed by atoms with Gasteiger partial charge in [-0.25, -0.2) is 14.8 Å². The van der Waals surface area contributed by atoms with Crippen LogP contribution in [0.1, 0.15) is 56.9 Å². The summed E-state index contributed by atoms with van der Waals surface area (Å²) in [5, 5.41) is 7.00. The van der Waals surface area contributed by atoms with Crippen LogP contribution in [0.3, 0.4) is 0 Å². The third-order valence-electron chi connectivity index (χ3n) is 7.95. The molecule has 0 atom stereocenters. The number of pyridine rings is 2. The van der Waals surface area contributed by atoms with Crippen LogP contribution in [0.5, 0.6) is 11.8 Å². The second kappa shape index (κ2) is 15.9. The van der Waals surface area contributed by atoms with Crippen LogP contribution in [-0.4, -0.2) is 83.5 Å². The van der Waals surface area contributed by atoms with Gasteiger partial charge in [0.2, 0.25) is 17.4 Å². The van der Waals surface area contributed by atoms with Crippen molar-refractivity contribution < 1.29 is 14.6 Å². The SMILES string of the molecule is CO.NCc1ccc(OC2CCN(CC3CC3)CC2)nc1.[C-]#[N+]c1ccc(OC2CCN(CC3CC3)CC2)nc1. The average molecular weight is 551 g/mol. The van der Waals surface area contributed by atoms with Crippen LogP contribution in [0, 0.1) is 18.4 Å². The largest absolute Gasteiger partial charge is 0.474 e. The third-order valence-corrected chi connectivity index (χ3v) is 7.95. The molecule has 0 aromatic carbocycles. The molecule has 2 aliphatic heterocycles. The quantitative estimate of drug-likeness (QED) is 0.446. The lowest BCUT2D eigenvalue weighted by atomic mass is 10.1. The fourth-order valence-electron chi connectivity index (χ4n) is 5.20. The van der Waals surface area contributed by atoms with E-state index in [0.29, 0.717) is 24.2 Å². The Hall–Kier alpha value is -2.77. The minimum absolute atomic E-state index is 0.279. The van der Waals surface area contributed by atoms with Crippen LogP contribution < -0.4 is 15.2 Å². The predicted molar refractivity (Wildman–Crippen MR) is 156 cm³/mol. The number of hydrogen-bond donors (Lipinski definition) is 2. The molecule has 0 radical (unpaired) electrons. The lowest BCUT2D eigenvalue weighted by molar-refractivity contribution is 0.0943. The highest BCUT2D eigenvalue weighted by molar-refractivity contribution is 5.42. The topological polar surface area (TPSA) is 101 Å². The second-order valence-corrected chi connectivity index (χ2v) is 11.3. The molecule has 4 aliphatic rings. The Balaban J connectivity index is 0.000000174. The highest BCUT2D eigenvalue weighted by atomic mass is 16.5. The Morgan fingerprint density at radius 3 is 1.60 bits per heavy atom. The number of aliphatic hydroxyl groups is 1. The van der Waals surface area contributed by atoms with Gasteiger partial charge >= 0.3 is 0 Å². The molecule has 2 aromatic heterocycles. The van der Waals surface area contributed by atoms with E-state index in [2.05, 4.69) is 24.6 Å². The summed E-state index contributed by atoms with van der Waals surface area (Å²) in [5.74, 6) is 3.34. The van der Waals surface area contributed by atoms with E-state index in [9.17, 15) is 0 Å². The molecule has 0 spiro atoms. The summed E-state index contributed by atoms with van der Waals surface area (Å²) in [6.45, 7) is 14.6. The van der Waals surface area contributed by atoms with Gasteiger partial charge in [0.05, 0.1) is 6.57 Å². The van der Waals surface area contributed by atoms with Gasteiger partial charge < -0.3 is 30.1 Å². The summed E-state index contributed by atoms with van der Waals surface area (Å²) in [6.07, 6.45) is 14.1. The molecule has 0 bridgehead atoms. The lowest BCUT2D eigenvalue weighted by Gasteiger charge is -2.31. The minimum Gasteiger partial charge on any atom is -0.474 e. The summed E-state index contributed by atoms with van der Waals surface area (Å²) < 4.78 is 11.8. The maximum atomic E-state index is 7.00. The maximum Gasteiger partial charge on any atom is 0.213 e. The third kappa shape index (κ3) is 10.3. The van der Waals surface area contributed by atoms with E-state index in [1.165, 1.54) is 51.9 Å². The van der Waals surface area contributed by atoms with Crippen molar-refractivity contribution in [3.63, 3.8) is 0 Å². The Morgan fingerprint density at radius 1 is 0.775 bits per heavy atom. The van der Waals surface area contributed by atoms with E-state index in [1.54, 1.807) is 24.5 Å². The van der Waals surface area contributed by atoms with Gasteiger partial charge in [0.15, 0.2) is 0 Å². The molecule has 4 fully saturated rings. The molecule has 0 unspecified atom stereocenters. The number of piperidine rings is 2.